The maximum absolute atomic E-state index is 10.5. The van der Waals surface area contributed by atoms with Gasteiger partial charge in [0.2, 0.25) is 0 Å². The SMILES string of the molecule is [2H]N([2H])[C@]([2H])(C(=O)O)C([2H])(C)C. The zero-order valence-electron chi connectivity index (χ0n) is 8.80. The highest BCUT2D eigenvalue weighted by molar-refractivity contribution is 5.73. The Morgan fingerprint density at radius 3 is 2.50 bits per heavy atom. The van der Waals surface area contributed by atoms with E-state index in [1.165, 1.54) is 13.8 Å². The lowest BCUT2D eigenvalue weighted by Gasteiger charge is -2.07. The van der Waals surface area contributed by atoms with E-state index in [2.05, 4.69) is 0 Å². The average Bonchev–Trinajstić information content (AvgIpc) is 1.82. The summed E-state index contributed by atoms with van der Waals surface area (Å²) in [5, 5.41) is 8.55. The van der Waals surface area contributed by atoms with E-state index in [1.807, 2.05) is 0 Å². The van der Waals surface area contributed by atoms with Gasteiger partial charge < -0.3 is 10.8 Å². The van der Waals surface area contributed by atoms with Gasteiger partial charge in [-0.1, -0.05) is 13.8 Å². The lowest BCUT2D eigenvalue weighted by atomic mass is 10.1. The minimum absolute atomic E-state index is 0.275. The number of hydrogen-bond acceptors (Lipinski definition) is 2. The normalized spacial score (nSPS) is 26.9. The van der Waals surface area contributed by atoms with E-state index < -0.39 is 17.9 Å². The summed E-state index contributed by atoms with van der Waals surface area (Å²) >= 11 is 0. The Balaban J connectivity index is 5.02. The second kappa shape index (κ2) is 2.67. The van der Waals surface area contributed by atoms with E-state index >= 15 is 0 Å². The number of carbonyl (C=O) groups is 1. The van der Waals surface area contributed by atoms with Gasteiger partial charge in [0, 0.05) is 1.37 Å². The molecule has 1 atom stereocenters. The topological polar surface area (TPSA) is 63.3 Å². The summed E-state index contributed by atoms with van der Waals surface area (Å²) in [6.45, 7) is 2.34. The Morgan fingerprint density at radius 2 is 2.50 bits per heavy atom. The molecule has 0 aromatic carbocycles. The zero-order chi connectivity index (χ0) is 10.2. The molecule has 0 bridgehead atoms. The predicted molar refractivity (Wildman–Crippen MR) is 30.4 cm³/mol. The van der Waals surface area contributed by atoms with Gasteiger partial charge in [-0.15, -0.1) is 0 Å². The number of aliphatic carboxylic acids is 1. The first-order valence-electron chi connectivity index (χ1n) is 4.05. The molecule has 0 spiro atoms. The van der Waals surface area contributed by atoms with E-state index in [1.54, 1.807) is 0 Å². The third-order valence-corrected chi connectivity index (χ3v) is 0.676. The number of hydrogen-bond donors (Lipinski definition) is 2. The summed E-state index contributed by atoms with van der Waals surface area (Å²) < 4.78 is 28.0. The van der Waals surface area contributed by atoms with Crippen LogP contribution in [0, 0.1) is 5.89 Å². The van der Waals surface area contributed by atoms with Crippen molar-refractivity contribution in [3.05, 3.63) is 0 Å². The van der Waals surface area contributed by atoms with Gasteiger partial charge in [0.15, 0.2) is 0 Å². The monoisotopic (exact) mass is 121 g/mol. The highest BCUT2D eigenvalue weighted by Gasteiger charge is 2.14. The first-order chi connectivity index (χ1) is 5.14. The molecule has 3 heteroatoms. The maximum atomic E-state index is 10.5. The zero-order valence-corrected chi connectivity index (χ0v) is 4.80. The molecule has 3 N–H and O–H groups in total. The molecule has 0 radical (unpaired) electrons. The molecule has 0 aromatic rings. The molecule has 0 saturated carbocycles. The van der Waals surface area contributed by atoms with Crippen molar-refractivity contribution in [2.75, 3.05) is 0 Å². The van der Waals surface area contributed by atoms with Crippen LogP contribution in [0.4, 0.5) is 0 Å². The Hall–Kier alpha value is -0.570. The molecule has 3 nitrogen and oxygen atoms in total. The molecule has 0 aliphatic carbocycles. The van der Waals surface area contributed by atoms with Crippen molar-refractivity contribution in [2.45, 2.75) is 19.9 Å². The first kappa shape index (κ1) is 2.82. The lowest BCUT2D eigenvalue weighted by molar-refractivity contribution is -0.139. The lowest BCUT2D eigenvalue weighted by Crippen LogP contribution is -2.34. The van der Waals surface area contributed by atoms with Gasteiger partial charge in [0.25, 0.3) is 0 Å². The second-order valence-electron chi connectivity index (χ2n) is 1.65. The second-order valence-corrected chi connectivity index (χ2v) is 1.65. The smallest absolute Gasteiger partial charge is 0.320 e. The highest BCUT2D eigenvalue weighted by atomic mass is 16.4. The van der Waals surface area contributed by atoms with Gasteiger partial charge in [-0.25, -0.2) is 0 Å². The molecular weight excluding hydrogens is 106 g/mol. The van der Waals surface area contributed by atoms with Gasteiger partial charge >= 0.3 is 5.97 Å². The molecule has 0 aromatic heterocycles. The molecule has 0 amide bonds. The number of carboxylic acids is 1. The van der Waals surface area contributed by atoms with Crippen molar-refractivity contribution in [2.24, 2.45) is 11.6 Å². The third kappa shape index (κ3) is 1.93. The van der Waals surface area contributed by atoms with Crippen LogP contribution in [0.5, 0.6) is 0 Å². The van der Waals surface area contributed by atoms with Crippen LogP contribution < -0.4 is 5.72 Å². The van der Waals surface area contributed by atoms with Crippen LogP contribution in [0.25, 0.3) is 0 Å². The van der Waals surface area contributed by atoms with Crippen molar-refractivity contribution in [1.82, 2.24) is 0 Å². The van der Waals surface area contributed by atoms with Crippen LogP contribution in [0.3, 0.4) is 0 Å². The minimum Gasteiger partial charge on any atom is -0.480 e. The van der Waals surface area contributed by atoms with Gasteiger partial charge in [-0.2, -0.15) is 0 Å². The number of rotatable bonds is 3. The van der Waals surface area contributed by atoms with Crippen molar-refractivity contribution >= 4 is 5.97 Å². The fourth-order valence-corrected chi connectivity index (χ4v) is 0.214. The molecule has 0 aliphatic heterocycles. The summed E-state index contributed by atoms with van der Waals surface area (Å²) in [5.41, 5.74) is -0.275. The highest BCUT2D eigenvalue weighted by Crippen LogP contribution is 1.96. The summed E-state index contributed by atoms with van der Waals surface area (Å²) in [6.07, 6.45) is 0. The largest absolute Gasteiger partial charge is 0.480 e. The van der Waals surface area contributed by atoms with Crippen LogP contribution in [-0.4, -0.2) is 17.1 Å². The van der Waals surface area contributed by atoms with Gasteiger partial charge in [-0.3, -0.25) is 4.79 Å². The quantitative estimate of drug-likeness (QED) is 0.554. The fourth-order valence-electron chi connectivity index (χ4n) is 0.214. The van der Waals surface area contributed by atoms with Crippen LogP contribution in [0.15, 0.2) is 0 Å². The Morgan fingerprint density at radius 1 is 2.00 bits per heavy atom. The molecular formula is C5H11NO2. The number of carboxylic acid groups (broad SMARTS) is 1. The van der Waals surface area contributed by atoms with E-state index in [4.69, 9.17) is 10.7 Å². The van der Waals surface area contributed by atoms with Crippen LogP contribution in [0.2, 0.25) is 2.82 Å². The fraction of sp³-hybridized carbons (Fsp3) is 0.800. The van der Waals surface area contributed by atoms with E-state index in [9.17, 15) is 4.79 Å². The molecule has 0 fully saturated rings. The summed E-state index contributed by atoms with van der Waals surface area (Å²) in [6, 6.07) is -2.56. The predicted octanol–water partition coefficient (Wildman–Crippen LogP) is 0.0543. The van der Waals surface area contributed by atoms with Crippen molar-refractivity contribution in [3.8, 4) is 0 Å². The number of nitrogens with two attached hydrogens (primary N) is 1. The van der Waals surface area contributed by atoms with E-state index in [-0.39, 0.29) is 5.72 Å². The Bertz CT molecular complexity index is 190. The summed E-state index contributed by atoms with van der Waals surface area (Å²) in [4.78, 5) is 10.5. The molecule has 0 rings (SSSR count). The molecule has 0 heterocycles. The van der Waals surface area contributed by atoms with Gasteiger partial charge in [-0.05, 0) is 5.89 Å². The molecule has 48 valence electrons. The molecule has 0 unspecified atom stereocenters. The van der Waals surface area contributed by atoms with E-state index in [0.717, 1.165) is 0 Å². The van der Waals surface area contributed by atoms with Crippen LogP contribution in [0.1, 0.15) is 16.6 Å². The average molecular weight is 121 g/mol. The van der Waals surface area contributed by atoms with Crippen LogP contribution in [-0.2, 0) is 4.79 Å². The maximum Gasteiger partial charge on any atom is 0.320 e. The van der Waals surface area contributed by atoms with Crippen molar-refractivity contribution in [3.63, 3.8) is 0 Å². The van der Waals surface area contributed by atoms with Gasteiger partial charge in [0.05, 0.1) is 1.37 Å². The van der Waals surface area contributed by atoms with Crippen molar-refractivity contribution < 1.29 is 15.5 Å². The van der Waals surface area contributed by atoms with E-state index in [0.29, 0.717) is 0 Å². The summed E-state index contributed by atoms with van der Waals surface area (Å²) in [7, 11) is 0. The van der Waals surface area contributed by atoms with Crippen molar-refractivity contribution in [1.29, 1.82) is 0 Å². The van der Waals surface area contributed by atoms with Gasteiger partial charge in [0.1, 0.15) is 8.84 Å². The Kier molecular flexibility index (Phi) is 0.942. The molecule has 0 saturated heterocycles. The first-order valence-corrected chi connectivity index (χ1v) is 2.15. The molecule has 0 aliphatic rings. The minimum atomic E-state index is -2.56. The third-order valence-electron chi connectivity index (χ3n) is 0.676. The van der Waals surface area contributed by atoms with Crippen LogP contribution >= 0.6 is 0 Å². The summed E-state index contributed by atoms with van der Waals surface area (Å²) in [5.74, 6) is -3.41. The molecule has 8 heavy (non-hydrogen) atoms. The standard InChI is InChI=1S/C5H11NO2/c1-3(2)4(6)5(7)8/h3-4H,6H2,1-2H3,(H,7,8)/t4-/m0/s1/i3D,4D/hD2. The Labute approximate surface area is 54.2 Å².